The van der Waals surface area contributed by atoms with E-state index in [1.54, 1.807) is 11.3 Å². The standard InChI is InChI=1S/C51H33N3S/c1-5-16-34(17-6-1)38-24-13-25-39(32-38)41-26-14-27-42(47(41)35-18-7-2-8-19-35)40-30-31-45-44(33-40)48-43(28-15-29-46(48)55-45)51-53-49(36-20-9-3-10-21-36)52-50(54-51)37-22-11-4-12-23-37/h1-33H. The maximum Gasteiger partial charge on any atom is 0.164 e. The highest BCUT2D eigenvalue weighted by Crippen LogP contribution is 2.45. The summed E-state index contributed by atoms with van der Waals surface area (Å²) in [6, 6.07) is 70.7. The predicted octanol–water partition coefficient (Wildman–Crippen LogP) is 13.9. The molecule has 0 saturated carbocycles. The lowest BCUT2D eigenvalue weighted by atomic mass is 9.86. The van der Waals surface area contributed by atoms with Crippen molar-refractivity contribution in [2.24, 2.45) is 0 Å². The third-order valence-corrected chi connectivity index (χ3v) is 11.3. The van der Waals surface area contributed by atoms with Crippen LogP contribution in [-0.4, -0.2) is 15.0 Å². The highest BCUT2D eigenvalue weighted by atomic mass is 32.1. The van der Waals surface area contributed by atoms with E-state index in [4.69, 9.17) is 15.0 Å². The lowest BCUT2D eigenvalue weighted by molar-refractivity contribution is 1.08. The van der Waals surface area contributed by atoms with E-state index in [1.165, 1.54) is 53.7 Å². The van der Waals surface area contributed by atoms with Crippen LogP contribution in [0.1, 0.15) is 0 Å². The van der Waals surface area contributed by atoms with Gasteiger partial charge in [0.25, 0.3) is 0 Å². The zero-order valence-electron chi connectivity index (χ0n) is 29.8. The Kier molecular flexibility index (Phi) is 8.36. The molecule has 0 bridgehead atoms. The largest absolute Gasteiger partial charge is 0.208 e. The lowest BCUT2D eigenvalue weighted by Crippen LogP contribution is -2.00. The van der Waals surface area contributed by atoms with Gasteiger partial charge >= 0.3 is 0 Å². The topological polar surface area (TPSA) is 38.7 Å². The molecular formula is C51H33N3S. The van der Waals surface area contributed by atoms with Crippen molar-refractivity contribution in [3.05, 3.63) is 200 Å². The van der Waals surface area contributed by atoms with E-state index in [0.717, 1.165) is 27.6 Å². The van der Waals surface area contributed by atoms with Crippen LogP contribution in [0.15, 0.2) is 200 Å². The average molecular weight is 720 g/mol. The van der Waals surface area contributed by atoms with Gasteiger partial charge in [-0.15, -0.1) is 11.3 Å². The minimum Gasteiger partial charge on any atom is -0.208 e. The summed E-state index contributed by atoms with van der Waals surface area (Å²) in [4.78, 5) is 15.2. The van der Waals surface area contributed by atoms with Crippen LogP contribution in [0.5, 0.6) is 0 Å². The van der Waals surface area contributed by atoms with Crippen molar-refractivity contribution < 1.29 is 0 Å². The third kappa shape index (κ3) is 6.19. The van der Waals surface area contributed by atoms with Crippen molar-refractivity contribution >= 4 is 31.5 Å². The van der Waals surface area contributed by atoms with Gasteiger partial charge in [-0.2, -0.15) is 0 Å². The molecule has 10 rings (SSSR count). The molecule has 258 valence electrons. The molecule has 0 aliphatic carbocycles. The van der Waals surface area contributed by atoms with Crippen LogP contribution in [0, 0.1) is 0 Å². The maximum atomic E-state index is 5.13. The fourth-order valence-electron chi connectivity index (χ4n) is 7.56. The molecule has 0 radical (unpaired) electrons. The van der Waals surface area contributed by atoms with Crippen LogP contribution in [0.2, 0.25) is 0 Å². The maximum absolute atomic E-state index is 5.13. The first-order chi connectivity index (χ1) is 27.3. The molecular weight excluding hydrogens is 687 g/mol. The molecule has 2 heterocycles. The first-order valence-corrected chi connectivity index (χ1v) is 19.3. The van der Waals surface area contributed by atoms with Gasteiger partial charge in [-0.25, -0.2) is 15.0 Å². The van der Waals surface area contributed by atoms with E-state index in [2.05, 4.69) is 164 Å². The number of hydrogen-bond donors (Lipinski definition) is 0. The fourth-order valence-corrected chi connectivity index (χ4v) is 8.67. The van der Waals surface area contributed by atoms with Crippen molar-refractivity contribution in [1.29, 1.82) is 0 Å². The van der Waals surface area contributed by atoms with Gasteiger partial charge in [0.2, 0.25) is 0 Å². The Morgan fingerprint density at radius 2 is 0.764 bits per heavy atom. The quantitative estimate of drug-likeness (QED) is 0.165. The summed E-state index contributed by atoms with van der Waals surface area (Å²) in [5.41, 5.74) is 12.4. The molecule has 0 atom stereocenters. The SMILES string of the molecule is c1ccc(-c2cccc(-c3cccc(-c4ccc5sc6cccc(-c7nc(-c8ccccc8)nc(-c8ccccc8)n7)c6c5c4)c3-c3ccccc3)c2)cc1. The van der Waals surface area contributed by atoms with E-state index < -0.39 is 0 Å². The first kappa shape index (κ1) is 32.6. The number of aromatic nitrogens is 3. The van der Waals surface area contributed by atoms with E-state index >= 15 is 0 Å². The Labute approximate surface area is 323 Å². The highest BCUT2D eigenvalue weighted by molar-refractivity contribution is 7.26. The van der Waals surface area contributed by atoms with Crippen LogP contribution in [0.4, 0.5) is 0 Å². The number of fused-ring (bicyclic) bond motifs is 3. The molecule has 55 heavy (non-hydrogen) atoms. The van der Waals surface area contributed by atoms with Gasteiger partial charge in [-0.1, -0.05) is 176 Å². The average Bonchev–Trinajstić information content (AvgIpc) is 3.65. The van der Waals surface area contributed by atoms with Crippen molar-refractivity contribution in [1.82, 2.24) is 15.0 Å². The second kappa shape index (κ2) is 14.1. The van der Waals surface area contributed by atoms with Crippen LogP contribution in [0.3, 0.4) is 0 Å². The van der Waals surface area contributed by atoms with Gasteiger partial charge in [-0.3, -0.25) is 0 Å². The second-order valence-corrected chi connectivity index (χ2v) is 14.7. The van der Waals surface area contributed by atoms with Gasteiger partial charge in [0.05, 0.1) is 0 Å². The second-order valence-electron chi connectivity index (χ2n) is 13.6. The number of benzene rings is 8. The smallest absolute Gasteiger partial charge is 0.164 e. The Bertz CT molecular complexity index is 2900. The minimum atomic E-state index is 0.655. The van der Waals surface area contributed by atoms with Crippen molar-refractivity contribution in [2.75, 3.05) is 0 Å². The Hall–Kier alpha value is -7.01. The third-order valence-electron chi connectivity index (χ3n) is 10.2. The Balaban J connectivity index is 1.17. The molecule has 0 amide bonds. The first-order valence-electron chi connectivity index (χ1n) is 18.4. The van der Waals surface area contributed by atoms with Crippen LogP contribution in [0.25, 0.3) is 98.8 Å². The minimum absolute atomic E-state index is 0.655. The van der Waals surface area contributed by atoms with E-state index in [9.17, 15) is 0 Å². The van der Waals surface area contributed by atoms with Crippen LogP contribution >= 0.6 is 11.3 Å². The Morgan fingerprint density at radius 3 is 1.40 bits per heavy atom. The molecule has 8 aromatic carbocycles. The van der Waals surface area contributed by atoms with Gasteiger partial charge in [-0.05, 0) is 68.8 Å². The molecule has 2 aromatic heterocycles. The fraction of sp³-hybridized carbons (Fsp3) is 0. The van der Waals surface area contributed by atoms with E-state index in [1.807, 2.05) is 36.4 Å². The molecule has 0 spiro atoms. The number of thiophene rings is 1. The van der Waals surface area contributed by atoms with E-state index in [0.29, 0.717) is 17.5 Å². The van der Waals surface area contributed by atoms with Gasteiger partial charge in [0.1, 0.15) is 0 Å². The molecule has 0 aliphatic heterocycles. The summed E-state index contributed by atoms with van der Waals surface area (Å²) in [7, 11) is 0. The predicted molar refractivity (Wildman–Crippen MR) is 231 cm³/mol. The monoisotopic (exact) mass is 719 g/mol. The molecule has 0 N–H and O–H groups in total. The number of rotatable bonds is 7. The number of nitrogens with zero attached hydrogens (tertiary/aromatic N) is 3. The zero-order valence-corrected chi connectivity index (χ0v) is 30.6. The van der Waals surface area contributed by atoms with Crippen molar-refractivity contribution in [3.8, 4) is 78.7 Å². The summed E-state index contributed by atoms with van der Waals surface area (Å²) in [6.07, 6.45) is 0. The normalized spacial score (nSPS) is 11.3. The summed E-state index contributed by atoms with van der Waals surface area (Å²) in [5, 5.41) is 2.34. The highest BCUT2D eigenvalue weighted by Gasteiger charge is 2.19. The molecule has 0 fully saturated rings. The van der Waals surface area contributed by atoms with E-state index in [-0.39, 0.29) is 0 Å². The van der Waals surface area contributed by atoms with Gasteiger partial charge < -0.3 is 0 Å². The molecule has 4 heteroatoms. The molecule has 0 aliphatic rings. The lowest BCUT2D eigenvalue weighted by Gasteiger charge is -2.17. The van der Waals surface area contributed by atoms with Gasteiger partial charge in [0, 0.05) is 36.9 Å². The summed E-state index contributed by atoms with van der Waals surface area (Å²) in [6.45, 7) is 0. The summed E-state index contributed by atoms with van der Waals surface area (Å²) in [5.74, 6) is 1.97. The molecule has 0 saturated heterocycles. The number of hydrogen-bond acceptors (Lipinski definition) is 4. The van der Waals surface area contributed by atoms with Crippen molar-refractivity contribution in [2.45, 2.75) is 0 Å². The summed E-state index contributed by atoms with van der Waals surface area (Å²) < 4.78 is 2.42. The molecule has 10 aromatic rings. The molecule has 3 nitrogen and oxygen atoms in total. The van der Waals surface area contributed by atoms with Gasteiger partial charge in [0.15, 0.2) is 17.5 Å². The van der Waals surface area contributed by atoms with Crippen molar-refractivity contribution in [3.63, 3.8) is 0 Å². The summed E-state index contributed by atoms with van der Waals surface area (Å²) >= 11 is 1.80. The van der Waals surface area contributed by atoms with Crippen LogP contribution in [-0.2, 0) is 0 Å². The Morgan fingerprint density at radius 1 is 0.291 bits per heavy atom. The van der Waals surface area contributed by atoms with Crippen LogP contribution < -0.4 is 0 Å². The molecule has 0 unspecified atom stereocenters. The zero-order chi connectivity index (χ0) is 36.6.